The van der Waals surface area contributed by atoms with E-state index in [2.05, 4.69) is 18.4 Å². The van der Waals surface area contributed by atoms with Crippen molar-refractivity contribution in [3.05, 3.63) is 29.5 Å². The maximum absolute atomic E-state index is 5.73. The highest BCUT2D eigenvalue weighted by Gasteiger charge is 2.21. The quantitative estimate of drug-likeness (QED) is 0.662. The third-order valence-corrected chi connectivity index (χ3v) is 4.30. The van der Waals surface area contributed by atoms with E-state index in [-0.39, 0.29) is 0 Å². The second kappa shape index (κ2) is 5.29. The number of hydrazine groups is 1. The number of nitrogens with one attached hydrogen (secondary N) is 1. The zero-order valence-corrected chi connectivity index (χ0v) is 12.1. The number of nitrogens with two attached hydrogens (primary N) is 1. The molecule has 1 aromatic heterocycles. The van der Waals surface area contributed by atoms with Gasteiger partial charge in [-0.15, -0.1) is 0 Å². The van der Waals surface area contributed by atoms with E-state index in [1.54, 1.807) is 7.11 Å². The van der Waals surface area contributed by atoms with Crippen LogP contribution < -0.4 is 16.0 Å². The van der Waals surface area contributed by atoms with E-state index in [1.165, 1.54) is 25.7 Å². The minimum absolute atomic E-state index is 0.553. The highest BCUT2D eigenvalue weighted by molar-refractivity contribution is 5.97. The molecular formula is C16H21N3O. The summed E-state index contributed by atoms with van der Waals surface area (Å²) in [6.07, 6.45) is 5.02. The number of rotatable bonds is 3. The number of benzene rings is 1. The van der Waals surface area contributed by atoms with E-state index in [0.29, 0.717) is 5.92 Å². The molecule has 1 aliphatic carbocycles. The normalized spacial score (nSPS) is 15.8. The van der Waals surface area contributed by atoms with E-state index >= 15 is 0 Å². The molecule has 1 fully saturated rings. The largest absolute Gasteiger partial charge is 0.494 e. The van der Waals surface area contributed by atoms with Crippen molar-refractivity contribution in [2.45, 2.75) is 38.5 Å². The summed E-state index contributed by atoms with van der Waals surface area (Å²) in [5.74, 6) is 7.09. The molecule has 0 amide bonds. The first-order valence-electron chi connectivity index (χ1n) is 7.19. The molecule has 0 aliphatic heterocycles. The predicted molar refractivity (Wildman–Crippen MR) is 82.1 cm³/mol. The van der Waals surface area contributed by atoms with Crippen molar-refractivity contribution >= 4 is 16.6 Å². The van der Waals surface area contributed by atoms with Crippen LogP contribution in [-0.4, -0.2) is 12.1 Å². The Morgan fingerprint density at radius 2 is 2.05 bits per heavy atom. The number of nitrogen functional groups attached to an aromatic ring is 1. The van der Waals surface area contributed by atoms with Crippen molar-refractivity contribution in [1.29, 1.82) is 0 Å². The van der Waals surface area contributed by atoms with Gasteiger partial charge in [0, 0.05) is 17.0 Å². The van der Waals surface area contributed by atoms with Crippen molar-refractivity contribution in [1.82, 2.24) is 4.98 Å². The zero-order valence-electron chi connectivity index (χ0n) is 12.1. The van der Waals surface area contributed by atoms with Crippen LogP contribution in [0.15, 0.2) is 18.2 Å². The number of anilines is 1. The van der Waals surface area contributed by atoms with Crippen LogP contribution in [0.1, 0.15) is 42.9 Å². The topological polar surface area (TPSA) is 60.2 Å². The highest BCUT2D eigenvalue weighted by Crippen LogP contribution is 2.38. The number of hydrogen-bond donors (Lipinski definition) is 2. The van der Waals surface area contributed by atoms with Gasteiger partial charge in [-0.25, -0.2) is 4.98 Å². The van der Waals surface area contributed by atoms with Gasteiger partial charge in [0.2, 0.25) is 0 Å². The molecule has 4 nitrogen and oxygen atoms in total. The SMILES string of the molecule is COc1ccc(C)c2c(NN)cc(C3CCCC3)nc12. The summed E-state index contributed by atoms with van der Waals surface area (Å²) in [6, 6.07) is 6.12. The first kappa shape index (κ1) is 13.2. The summed E-state index contributed by atoms with van der Waals surface area (Å²) in [5.41, 5.74) is 6.96. The molecule has 20 heavy (non-hydrogen) atoms. The second-order valence-electron chi connectivity index (χ2n) is 5.53. The predicted octanol–water partition coefficient (Wildman–Crippen LogP) is 3.50. The van der Waals surface area contributed by atoms with Crippen LogP contribution in [-0.2, 0) is 0 Å². The number of nitrogens with zero attached hydrogens (tertiary/aromatic N) is 1. The summed E-state index contributed by atoms with van der Waals surface area (Å²) in [6.45, 7) is 2.07. The Hall–Kier alpha value is -1.81. The van der Waals surface area contributed by atoms with E-state index in [9.17, 15) is 0 Å². The van der Waals surface area contributed by atoms with Crippen molar-refractivity contribution < 1.29 is 4.74 Å². The lowest BCUT2D eigenvalue weighted by molar-refractivity contribution is 0.418. The smallest absolute Gasteiger partial charge is 0.145 e. The van der Waals surface area contributed by atoms with Crippen LogP contribution in [0.4, 0.5) is 5.69 Å². The maximum atomic E-state index is 5.73. The van der Waals surface area contributed by atoms with Gasteiger partial charge in [0.05, 0.1) is 12.8 Å². The molecule has 0 unspecified atom stereocenters. The molecule has 0 radical (unpaired) electrons. The van der Waals surface area contributed by atoms with Gasteiger partial charge in [-0.3, -0.25) is 5.84 Å². The van der Waals surface area contributed by atoms with Crippen molar-refractivity contribution in [2.75, 3.05) is 12.5 Å². The van der Waals surface area contributed by atoms with E-state index in [0.717, 1.165) is 33.6 Å². The van der Waals surface area contributed by atoms with E-state index in [1.807, 2.05) is 12.1 Å². The summed E-state index contributed by atoms with van der Waals surface area (Å²) in [7, 11) is 1.68. The Morgan fingerprint density at radius 3 is 2.70 bits per heavy atom. The average Bonchev–Trinajstić information content (AvgIpc) is 3.01. The number of methoxy groups -OCH3 is 1. The summed E-state index contributed by atoms with van der Waals surface area (Å²) >= 11 is 0. The van der Waals surface area contributed by atoms with E-state index in [4.69, 9.17) is 15.6 Å². The lowest BCUT2D eigenvalue weighted by atomic mass is 9.99. The fourth-order valence-corrected chi connectivity index (χ4v) is 3.21. The fourth-order valence-electron chi connectivity index (χ4n) is 3.21. The Morgan fingerprint density at radius 1 is 1.30 bits per heavy atom. The molecule has 1 heterocycles. The molecule has 4 heteroatoms. The standard InChI is InChI=1S/C16H21N3O/c1-10-7-8-14(20-2)16-15(10)13(19-17)9-12(18-16)11-5-3-4-6-11/h7-9,11H,3-6,17H2,1-2H3,(H,18,19). The molecule has 2 aromatic rings. The van der Waals surface area contributed by atoms with Gasteiger partial charge in [0.15, 0.2) is 0 Å². The summed E-state index contributed by atoms with van der Waals surface area (Å²) in [5, 5.41) is 1.05. The highest BCUT2D eigenvalue weighted by atomic mass is 16.5. The van der Waals surface area contributed by atoms with Gasteiger partial charge in [0.25, 0.3) is 0 Å². The Kier molecular flexibility index (Phi) is 3.49. The lowest BCUT2D eigenvalue weighted by Gasteiger charge is -2.16. The van der Waals surface area contributed by atoms with Gasteiger partial charge in [0.1, 0.15) is 11.3 Å². The Labute approximate surface area is 119 Å². The number of hydrogen-bond acceptors (Lipinski definition) is 4. The summed E-state index contributed by atoms with van der Waals surface area (Å²) in [4.78, 5) is 4.88. The number of pyridine rings is 1. The minimum atomic E-state index is 0.553. The monoisotopic (exact) mass is 271 g/mol. The van der Waals surface area contributed by atoms with Crippen LogP contribution in [0, 0.1) is 6.92 Å². The number of fused-ring (bicyclic) bond motifs is 1. The molecule has 0 bridgehead atoms. The van der Waals surface area contributed by atoms with Crippen LogP contribution in [0.2, 0.25) is 0 Å². The van der Waals surface area contributed by atoms with Crippen molar-refractivity contribution in [3.63, 3.8) is 0 Å². The number of ether oxygens (including phenoxy) is 1. The first-order chi connectivity index (χ1) is 9.74. The second-order valence-corrected chi connectivity index (χ2v) is 5.53. The third kappa shape index (κ3) is 2.10. The molecule has 0 atom stereocenters. The Bertz CT molecular complexity index is 633. The number of aryl methyl sites for hydroxylation is 1. The maximum Gasteiger partial charge on any atom is 0.145 e. The molecule has 106 valence electrons. The van der Waals surface area contributed by atoms with Crippen LogP contribution in [0.3, 0.4) is 0 Å². The van der Waals surface area contributed by atoms with Gasteiger partial charge in [-0.2, -0.15) is 0 Å². The van der Waals surface area contributed by atoms with Crippen LogP contribution in [0.25, 0.3) is 10.9 Å². The molecule has 3 N–H and O–H groups in total. The fraction of sp³-hybridized carbons (Fsp3) is 0.438. The third-order valence-electron chi connectivity index (χ3n) is 4.30. The molecule has 3 rings (SSSR count). The van der Waals surface area contributed by atoms with Gasteiger partial charge >= 0.3 is 0 Å². The molecule has 1 saturated carbocycles. The van der Waals surface area contributed by atoms with Crippen LogP contribution in [0.5, 0.6) is 5.75 Å². The molecule has 1 aliphatic rings. The molecule has 0 saturated heterocycles. The van der Waals surface area contributed by atoms with E-state index < -0.39 is 0 Å². The van der Waals surface area contributed by atoms with Gasteiger partial charge < -0.3 is 10.2 Å². The van der Waals surface area contributed by atoms with Crippen molar-refractivity contribution in [3.8, 4) is 5.75 Å². The van der Waals surface area contributed by atoms with Crippen molar-refractivity contribution in [2.24, 2.45) is 5.84 Å². The Balaban J connectivity index is 2.25. The van der Waals surface area contributed by atoms with Gasteiger partial charge in [-0.1, -0.05) is 18.9 Å². The summed E-state index contributed by atoms with van der Waals surface area (Å²) < 4.78 is 5.47. The van der Waals surface area contributed by atoms with Gasteiger partial charge in [-0.05, 0) is 37.5 Å². The molecule has 1 aromatic carbocycles. The first-order valence-corrected chi connectivity index (χ1v) is 7.19. The average molecular weight is 271 g/mol. The van der Waals surface area contributed by atoms with Crippen LogP contribution >= 0.6 is 0 Å². The molecular weight excluding hydrogens is 250 g/mol. The zero-order chi connectivity index (χ0) is 14.1. The number of aromatic nitrogens is 1. The molecule has 0 spiro atoms. The lowest BCUT2D eigenvalue weighted by Crippen LogP contribution is -2.10. The minimum Gasteiger partial charge on any atom is -0.494 e.